The van der Waals surface area contributed by atoms with E-state index < -0.39 is 17.9 Å². The van der Waals surface area contributed by atoms with Crippen molar-refractivity contribution in [3.63, 3.8) is 0 Å². The van der Waals surface area contributed by atoms with E-state index >= 15 is 0 Å². The van der Waals surface area contributed by atoms with Crippen LogP contribution in [-0.2, 0) is 29.0 Å². The van der Waals surface area contributed by atoms with Crippen molar-refractivity contribution >= 4 is 24.0 Å². The molecule has 1 aromatic heterocycles. The first kappa shape index (κ1) is 29.4. The number of aromatic nitrogens is 2. The first-order valence-corrected chi connectivity index (χ1v) is 13.8. The largest absolute Gasteiger partial charge is 0.504 e. The van der Waals surface area contributed by atoms with E-state index in [9.17, 15) is 24.6 Å². The van der Waals surface area contributed by atoms with Crippen molar-refractivity contribution in [1.82, 2.24) is 19.4 Å². The number of unbranched alkanes of at least 4 members (excludes halogenated alkanes) is 2. The summed E-state index contributed by atoms with van der Waals surface area (Å²) in [6, 6.07) is 11.0. The number of benzene rings is 2. The fourth-order valence-corrected chi connectivity index (χ4v) is 4.69. The van der Waals surface area contributed by atoms with Gasteiger partial charge < -0.3 is 19.5 Å². The molecular formula is C31H36N4O6. The number of aromatic hydroxyl groups is 2. The van der Waals surface area contributed by atoms with Gasteiger partial charge in [-0.3, -0.25) is 14.6 Å². The molecule has 0 saturated carbocycles. The fourth-order valence-electron chi connectivity index (χ4n) is 4.69. The van der Waals surface area contributed by atoms with Crippen molar-refractivity contribution in [1.29, 1.82) is 0 Å². The van der Waals surface area contributed by atoms with Gasteiger partial charge in [0.1, 0.15) is 11.5 Å². The SMILES string of the molecule is CCCCc1ncc(/C=C2/C(=O)N(CCCC)C(=O)N2Cc2ccc(O)c(O)c2)n1Cc1ccc(C(=O)OC)cc1. The van der Waals surface area contributed by atoms with Gasteiger partial charge in [-0.2, -0.15) is 0 Å². The van der Waals surface area contributed by atoms with Gasteiger partial charge >= 0.3 is 12.0 Å². The molecule has 0 spiro atoms. The quantitative estimate of drug-likeness (QED) is 0.137. The standard InChI is InChI=1S/C31H36N4O6/c1-4-6-8-28-32-18-24(34(28)19-21-9-12-23(13-10-21)30(39)41-3)17-25-29(38)33(15-7-5-2)31(40)35(25)20-22-11-14-26(36)27(37)16-22/h9-14,16-18,36-37H,4-8,15,19-20H2,1-3H3/b25-17-. The molecule has 1 fully saturated rings. The average Bonchev–Trinajstić information content (AvgIpc) is 3.45. The first-order valence-electron chi connectivity index (χ1n) is 13.8. The van der Waals surface area contributed by atoms with Gasteiger partial charge in [-0.15, -0.1) is 0 Å². The van der Waals surface area contributed by atoms with E-state index in [-0.39, 0.29) is 23.7 Å². The third kappa shape index (κ3) is 6.59. The molecule has 3 aromatic rings. The number of phenols is 2. The number of hydrogen-bond acceptors (Lipinski definition) is 7. The number of carbonyl (C=O) groups is 3. The highest BCUT2D eigenvalue weighted by Gasteiger charge is 2.40. The van der Waals surface area contributed by atoms with Crippen LogP contribution >= 0.6 is 0 Å². The van der Waals surface area contributed by atoms with Gasteiger partial charge in [0, 0.05) is 19.5 Å². The summed E-state index contributed by atoms with van der Waals surface area (Å²) in [6.07, 6.45) is 7.57. The van der Waals surface area contributed by atoms with E-state index in [2.05, 4.69) is 11.9 Å². The Morgan fingerprint density at radius 1 is 0.927 bits per heavy atom. The van der Waals surface area contributed by atoms with E-state index in [4.69, 9.17) is 4.74 Å². The summed E-state index contributed by atoms with van der Waals surface area (Å²) in [4.78, 5) is 46.2. The number of imide groups is 1. The molecule has 0 radical (unpaired) electrons. The number of esters is 1. The monoisotopic (exact) mass is 560 g/mol. The molecule has 10 nitrogen and oxygen atoms in total. The van der Waals surface area contributed by atoms with Gasteiger partial charge in [0.2, 0.25) is 0 Å². The maximum Gasteiger partial charge on any atom is 0.337 e. The Balaban J connectivity index is 1.73. The summed E-state index contributed by atoms with van der Waals surface area (Å²) >= 11 is 0. The van der Waals surface area contributed by atoms with Crippen molar-refractivity contribution in [2.45, 2.75) is 59.0 Å². The number of aryl methyl sites for hydroxylation is 1. The Kier molecular flexibility index (Phi) is 9.44. The third-order valence-electron chi connectivity index (χ3n) is 7.06. The zero-order valence-corrected chi connectivity index (χ0v) is 23.7. The van der Waals surface area contributed by atoms with Crippen molar-refractivity contribution in [2.75, 3.05) is 13.7 Å². The van der Waals surface area contributed by atoms with Gasteiger partial charge in [-0.05, 0) is 54.3 Å². The lowest BCUT2D eigenvalue weighted by Gasteiger charge is -2.18. The zero-order chi connectivity index (χ0) is 29.5. The van der Waals surface area contributed by atoms with Crippen LogP contribution in [-0.4, -0.2) is 61.1 Å². The van der Waals surface area contributed by atoms with Crippen molar-refractivity contribution < 1.29 is 29.3 Å². The normalized spacial score (nSPS) is 14.4. The van der Waals surface area contributed by atoms with Gasteiger partial charge in [0.05, 0.1) is 31.1 Å². The van der Waals surface area contributed by atoms with Gasteiger partial charge in [0.25, 0.3) is 5.91 Å². The lowest BCUT2D eigenvalue weighted by atomic mass is 10.1. The Morgan fingerprint density at radius 2 is 1.63 bits per heavy atom. The molecular weight excluding hydrogens is 524 g/mol. The van der Waals surface area contributed by atoms with Crippen LogP contribution in [0.2, 0.25) is 0 Å². The van der Waals surface area contributed by atoms with Crippen molar-refractivity contribution in [3.8, 4) is 11.5 Å². The molecule has 0 aliphatic carbocycles. The Morgan fingerprint density at radius 3 is 2.29 bits per heavy atom. The highest BCUT2D eigenvalue weighted by Crippen LogP contribution is 2.30. The first-order chi connectivity index (χ1) is 19.8. The maximum absolute atomic E-state index is 13.6. The minimum atomic E-state index is -0.432. The molecule has 3 amide bonds. The fraction of sp³-hybridized carbons (Fsp3) is 0.355. The van der Waals surface area contributed by atoms with E-state index in [1.807, 2.05) is 23.6 Å². The van der Waals surface area contributed by atoms with Gasteiger partial charge in [-0.1, -0.05) is 44.9 Å². The summed E-state index contributed by atoms with van der Waals surface area (Å²) in [6.45, 7) is 4.89. The number of methoxy groups -OCH3 is 1. The lowest BCUT2D eigenvalue weighted by Crippen LogP contribution is -2.33. The Labute approximate surface area is 239 Å². The number of ether oxygens (including phenoxy) is 1. The van der Waals surface area contributed by atoms with Crippen LogP contribution in [0.5, 0.6) is 11.5 Å². The smallest absolute Gasteiger partial charge is 0.337 e. The molecule has 1 saturated heterocycles. The molecule has 216 valence electrons. The van der Waals surface area contributed by atoms with Crippen LogP contribution in [0.4, 0.5) is 4.79 Å². The van der Waals surface area contributed by atoms with Gasteiger partial charge in [-0.25, -0.2) is 14.6 Å². The number of carbonyl (C=O) groups excluding carboxylic acids is 3. The number of amides is 3. The highest BCUT2D eigenvalue weighted by atomic mass is 16.5. The molecule has 1 aliphatic heterocycles. The molecule has 1 aliphatic rings. The summed E-state index contributed by atoms with van der Waals surface area (Å²) in [7, 11) is 1.34. The minimum Gasteiger partial charge on any atom is -0.504 e. The molecule has 2 heterocycles. The summed E-state index contributed by atoms with van der Waals surface area (Å²) in [5.74, 6) is -0.513. The van der Waals surface area contributed by atoms with E-state index in [1.54, 1.807) is 30.5 Å². The van der Waals surface area contributed by atoms with Crippen LogP contribution in [0, 0.1) is 0 Å². The molecule has 41 heavy (non-hydrogen) atoms. The van der Waals surface area contributed by atoms with Crippen molar-refractivity contribution in [3.05, 3.63) is 82.6 Å². The molecule has 2 aromatic carbocycles. The van der Waals surface area contributed by atoms with Crippen LogP contribution in [0.1, 0.15) is 72.5 Å². The second kappa shape index (κ2) is 13.2. The number of rotatable bonds is 12. The van der Waals surface area contributed by atoms with Crippen LogP contribution in [0.15, 0.2) is 54.4 Å². The van der Waals surface area contributed by atoms with E-state index in [0.29, 0.717) is 36.3 Å². The summed E-state index contributed by atoms with van der Waals surface area (Å²) in [5.41, 5.74) is 2.83. The second-order valence-electron chi connectivity index (χ2n) is 10.0. The number of imidazole rings is 1. The summed E-state index contributed by atoms with van der Waals surface area (Å²) in [5, 5.41) is 19.7. The maximum atomic E-state index is 13.6. The minimum absolute atomic E-state index is 0.0404. The predicted molar refractivity (Wildman–Crippen MR) is 153 cm³/mol. The van der Waals surface area contributed by atoms with Crippen LogP contribution in [0.25, 0.3) is 6.08 Å². The number of urea groups is 1. The molecule has 0 bridgehead atoms. The van der Waals surface area contributed by atoms with Gasteiger partial charge in [0.15, 0.2) is 11.5 Å². The third-order valence-corrected chi connectivity index (χ3v) is 7.06. The number of nitrogens with zero attached hydrogens (tertiary/aromatic N) is 4. The zero-order valence-electron chi connectivity index (χ0n) is 23.7. The number of hydrogen-bond donors (Lipinski definition) is 2. The predicted octanol–water partition coefficient (Wildman–Crippen LogP) is 5.08. The topological polar surface area (TPSA) is 125 Å². The second-order valence-corrected chi connectivity index (χ2v) is 10.0. The van der Waals surface area contributed by atoms with Crippen molar-refractivity contribution in [2.24, 2.45) is 0 Å². The molecule has 0 atom stereocenters. The Hall–Kier alpha value is -4.60. The molecule has 10 heteroatoms. The average molecular weight is 561 g/mol. The lowest BCUT2D eigenvalue weighted by molar-refractivity contribution is -0.123. The molecule has 4 rings (SSSR count). The number of phenolic OH excluding ortho intramolecular Hbond substituents is 2. The van der Waals surface area contributed by atoms with E-state index in [0.717, 1.165) is 37.1 Å². The van der Waals surface area contributed by atoms with Crippen LogP contribution in [0.3, 0.4) is 0 Å². The molecule has 0 unspecified atom stereocenters. The highest BCUT2D eigenvalue weighted by molar-refractivity contribution is 6.13. The molecule has 2 N–H and O–H groups in total. The Bertz CT molecular complexity index is 1440. The van der Waals surface area contributed by atoms with Crippen LogP contribution < -0.4 is 0 Å². The van der Waals surface area contributed by atoms with E-state index in [1.165, 1.54) is 29.0 Å². The summed E-state index contributed by atoms with van der Waals surface area (Å²) < 4.78 is 6.82.